The van der Waals surface area contributed by atoms with Gasteiger partial charge in [-0.25, -0.2) is 9.97 Å². The molecule has 4 rings (SSSR count). The summed E-state index contributed by atoms with van der Waals surface area (Å²) >= 11 is 3.45. The maximum atomic E-state index is 13.0. The summed E-state index contributed by atoms with van der Waals surface area (Å²) in [6.45, 7) is 5.57. The number of halogens is 4. The summed E-state index contributed by atoms with van der Waals surface area (Å²) in [6.07, 6.45) is -3.24. The molecular formula is C22H23BrF3N5O2. The summed E-state index contributed by atoms with van der Waals surface area (Å²) in [6, 6.07) is 8.23. The van der Waals surface area contributed by atoms with E-state index in [2.05, 4.69) is 45.8 Å². The first-order chi connectivity index (χ1) is 15.7. The number of anilines is 3. The van der Waals surface area contributed by atoms with Gasteiger partial charge in [0.1, 0.15) is 5.52 Å². The number of nitrogens with zero attached hydrogens (tertiary/aromatic N) is 4. The van der Waals surface area contributed by atoms with Gasteiger partial charge in [0.05, 0.1) is 16.8 Å². The summed E-state index contributed by atoms with van der Waals surface area (Å²) < 4.78 is 49.8. The topological polar surface area (TPSA) is 62.8 Å². The van der Waals surface area contributed by atoms with Crippen LogP contribution in [0.15, 0.2) is 41.0 Å². The zero-order valence-corrected chi connectivity index (χ0v) is 19.7. The van der Waals surface area contributed by atoms with Crippen molar-refractivity contribution in [2.45, 2.75) is 13.3 Å². The molecule has 176 valence electrons. The first-order valence-corrected chi connectivity index (χ1v) is 11.2. The number of alkyl halides is 3. The molecule has 1 N–H and O–H groups in total. The Morgan fingerprint density at radius 1 is 1.12 bits per heavy atom. The Balaban J connectivity index is 1.71. The van der Waals surface area contributed by atoms with E-state index in [1.54, 1.807) is 18.3 Å². The average Bonchev–Trinajstić information content (AvgIpc) is 2.77. The van der Waals surface area contributed by atoms with Crippen molar-refractivity contribution < 1.29 is 22.6 Å². The number of fused-ring (bicyclic) bond motifs is 1. The summed E-state index contributed by atoms with van der Waals surface area (Å²) in [4.78, 5) is 13.1. The second kappa shape index (κ2) is 9.60. The van der Waals surface area contributed by atoms with Gasteiger partial charge < -0.3 is 24.6 Å². The van der Waals surface area contributed by atoms with Crippen molar-refractivity contribution in [2.24, 2.45) is 0 Å². The number of benzene rings is 2. The predicted octanol–water partition coefficient (Wildman–Crippen LogP) is 5.19. The molecule has 1 aliphatic heterocycles. The normalized spacial score (nSPS) is 15.0. The number of nitrogens with one attached hydrogen (secondary N) is 1. The molecule has 2 aromatic carbocycles. The van der Waals surface area contributed by atoms with Crippen molar-refractivity contribution in [2.75, 3.05) is 50.1 Å². The molecule has 1 saturated heterocycles. The van der Waals surface area contributed by atoms with Crippen LogP contribution in [-0.2, 0) is 0 Å². The first kappa shape index (κ1) is 23.4. The van der Waals surface area contributed by atoms with E-state index in [1.165, 1.54) is 6.07 Å². The summed E-state index contributed by atoms with van der Waals surface area (Å²) in [7, 11) is 2.04. The fourth-order valence-electron chi connectivity index (χ4n) is 3.60. The number of piperazine rings is 1. The maximum Gasteiger partial charge on any atom is 0.573 e. The fourth-order valence-corrected chi connectivity index (χ4v) is 4.03. The summed E-state index contributed by atoms with van der Waals surface area (Å²) in [5, 5.41) is 3.65. The van der Waals surface area contributed by atoms with E-state index < -0.39 is 6.36 Å². The van der Waals surface area contributed by atoms with Crippen LogP contribution in [0.4, 0.5) is 30.5 Å². The number of hydrogen-bond acceptors (Lipinski definition) is 7. The molecule has 0 saturated carbocycles. The number of aromatic nitrogens is 2. The molecular weight excluding hydrogens is 503 g/mol. The van der Waals surface area contributed by atoms with Gasteiger partial charge in [-0.3, -0.25) is 0 Å². The van der Waals surface area contributed by atoms with Crippen molar-refractivity contribution in [3.63, 3.8) is 0 Å². The lowest BCUT2D eigenvalue weighted by Crippen LogP contribution is -2.44. The highest BCUT2D eigenvalue weighted by Crippen LogP contribution is 2.37. The fraction of sp³-hybridized carbons (Fsp3) is 0.364. The number of hydrogen-bond donors (Lipinski definition) is 1. The Morgan fingerprint density at radius 2 is 1.88 bits per heavy atom. The molecule has 3 aromatic rings. The second-order valence-corrected chi connectivity index (χ2v) is 8.44. The monoisotopic (exact) mass is 525 g/mol. The molecule has 2 heterocycles. The van der Waals surface area contributed by atoms with Gasteiger partial charge in [0, 0.05) is 43.4 Å². The number of likely N-dealkylation sites (N-methyl/N-ethyl adjacent to an activating group) is 1. The molecule has 0 radical (unpaired) electrons. The van der Waals surface area contributed by atoms with Crippen molar-refractivity contribution in [3.8, 4) is 11.5 Å². The lowest BCUT2D eigenvalue weighted by Gasteiger charge is -2.34. The van der Waals surface area contributed by atoms with Crippen LogP contribution < -0.4 is 19.7 Å². The van der Waals surface area contributed by atoms with Gasteiger partial charge in [0.15, 0.2) is 11.5 Å². The third kappa shape index (κ3) is 5.59. The molecule has 1 aliphatic rings. The molecule has 0 atom stereocenters. The smallest absolute Gasteiger partial charge is 0.490 e. The first-order valence-electron chi connectivity index (χ1n) is 10.4. The average molecular weight is 526 g/mol. The van der Waals surface area contributed by atoms with Gasteiger partial charge in [-0.2, -0.15) is 0 Å². The largest absolute Gasteiger partial charge is 0.573 e. The minimum Gasteiger partial charge on any atom is -0.490 e. The molecule has 33 heavy (non-hydrogen) atoms. The molecule has 11 heteroatoms. The Labute approximate surface area is 197 Å². The van der Waals surface area contributed by atoms with Gasteiger partial charge in [0.25, 0.3) is 0 Å². The van der Waals surface area contributed by atoms with Gasteiger partial charge in [-0.05, 0) is 60.2 Å². The molecule has 0 bridgehead atoms. The van der Waals surface area contributed by atoms with Crippen LogP contribution in [0.2, 0.25) is 0 Å². The Hall–Kier alpha value is -2.79. The van der Waals surface area contributed by atoms with Gasteiger partial charge in [-0.1, -0.05) is 0 Å². The van der Waals surface area contributed by atoms with Crippen LogP contribution in [0, 0.1) is 0 Å². The van der Waals surface area contributed by atoms with E-state index in [-0.39, 0.29) is 17.4 Å². The highest BCUT2D eigenvalue weighted by atomic mass is 79.9. The highest BCUT2D eigenvalue weighted by Gasteiger charge is 2.32. The minimum absolute atomic E-state index is 0.121. The minimum atomic E-state index is -4.83. The lowest BCUT2D eigenvalue weighted by molar-refractivity contribution is -0.274. The molecule has 0 unspecified atom stereocenters. The standard InChI is InChI=1S/C22H23BrF3N5O2/c1-3-32-20-16(23)6-4-14-13-27-21(29-19(14)20)28-17-12-15(31-10-8-30(2)9-11-31)5-7-18(17)33-22(24,25)26/h4-7,12-13H,3,8-11H2,1-2H3,(H,27,28,29). The molecule has 1 fully saturated rings. The quantitative estimate of drug-likeness (QED) is 0.475. The van der Waals surface area contributed by atoms with E-state index in [0.717, 1.165) is 41.7 Å². The SMILES string of the molecule is CCOc1c(Br)ccc2cnc(Nc3cc(N4CCN(C)CC4)ccc3OC(F)(F)F)nc12. The zero-order valence-electron chi connectivity index (χ0n) is 18.1. The van der Waals surface area contributed by atoms with E-state index in [9.17, 15) is 13.2 Å². The van der Waals surface area contributed by atoms with Gasteiger partial charge >= 0.3 is 6.36 Å². The number of rotatable bonds is 6. The third-order valence-electron chi connectivity index (χ3n) is 5.25. The Morgan fingerprint density at radius 3 is 2.58 bits per heavy atom. The molecule has 0 amide bonds. The van der Waals surface area contributed by atoms with Crippen LogP contribution in [0.25, 0.3) is 10.9 Å². The van der Waals surface area contributed by atoms with Crippen molar-refractivity contribution in [1.82, 2.24) is 14.9 Å². The zero-order chi connectivity index (χ0) is 23.6. The van der Waals surface area contributed by atoms with E-state index in [4.69, 9.17) is 4.74 Å². The van der Waals surface area contributed by atoms with Crippen molar-refractivity contribution >= 4 is 44.2 Å². The van der Waals surface area contributed by atoms with Crippen LogP contribution >= 0.6 is 15.9 Å². The van der Waals surface area contributed by atoms with Gasteiger partial charge in [0.2, 0.25) is 5.95 Å². The molecule has 1 aromatic heterocycles. The van der Waals surface area contributed by atoms with Crippen LogP contribution in [-0.4, -0.2) is 61.1 Å². The van der Waals surface area contributed by atoms with Crippen LogP contribution in [0.1, 0.15) is 6.92 Å². The van der Waals surface area contributed by atoms with Crippen molar-refractivity contribution in [3.05, 3.63) is 41.0 Å². The van der Waals surface area contributed by atoms with E-state index in [0.29, 0.717) is 17.9 Å². The lowest BCUT2D eigenvalue weighted by atomic mass is 10.2. The maximum absolute atomic E-state index is 13.0. The van der Waals surface area contributed by atoms with Gasteiger partial charge in [-0.15, -0.1) is 13.2 Å². The number of ether oxygens (including phenoxy) is 2. The van der Waals surface area contributed by atoms with Crippen LogP contribution in [0.5, 0.6) is 11.5 Å². The summed E-state index contributed by atoms with van der Waals surface area (Å²) in [5.74, 6) is 0.311. The molecule has 0 aliphatic carbocycles. The Bertz CT molecular complexity index is 1140. The molecule has 0 spiro atoms. The van der Waals surface area contributed by atoms with Crippen LogP contribution in [0.3, 0.4) is 0 Å². The highest BCUT2D eigenvalue weighted by molar-refractivity contribution is 9.10. The van der Waals surface area contributed by atoms with E-state index in [1.807, 2.05) is 26.1 Å². The third-order valence-corrected chi connectivity index (χ3v) is 5.88. The molecule has 7 nitrogen and oxygen atoms in total. The van der Waals surface area contributed by atoms with Crippen molar-refractivity contribution in [1.29, 1.82) is 0 Å². The second-order valence-electron chi connectivity index (χ2n) is 7.58. The summed E-state index contributed by atoms with van der Waals surface area (Å²) in [5.41, 5.74) is 1.45. The van der Waals surface area contributed by atoms with E-state index >= 15 is 0 Å². The Kier molecular flexibility index (Phi) is 6.80. The predicted molar refractivity (Wildman–Crippen MR) is 125 cm³/mol.